The van der Waals surface area contributed by atoms with Crippen molar-refractivity contribution in [3.05, 3.63) is 53.5 Å². The number of pyridine rings is 2. The molecule has 0 aliphatic rings. The zero-order valence-corrected chi connectivity index (χ0v) is 10.8. The Labute approximate surface area is 111 Å². The number of hydrogen-bond donors (Lipinski definition) is 0. The first-order valence-electron chi connectivity index (χ1n) is 5.78. The Hall–Kier alpha value is -2.43. The van der Waals surface area contributed by atoms with Crippen LogP contribution in [0.15, 0.2) is 36.7 Å². The average Bonchev–Trinajstić information content (AvgIpc) is 2.46. The molecule has 0 bridgehead atoms. The van der Waals surface area contributed by atoms with Gasteiger partial charge in [-0.3, -0.25) is 4.98 Å². The molecule has 0 spiro atoms. The van der Waals surface area contributed by atoms with Gasteiger partial charge in [0.15, 0.2) is 0 Å². The number of methoxy groups -OCH3 is 1. The van der Waals surface area contributed by atoms with Crippen LogP contribution < -0.4 is 4.74 Å². The van der Waals surface area contributed by atoms with Crippen molar-refractivity contribution in [2.75, 3.05) is 7.11 Å². The van der Waals surface area contributed by atoms with E-state index in [-0.39, 0.29) is 12.6 Å². The number of esters is 1. The van der Waals surface area contributed by atoms with Crippen molar-refractivity contribution >= 4 is 5.97 Å². The third-order valence-electron chi connectivity index (χ3n) is 2.60. The van der Waals surface area contributed by atoms with Gasteiger partial charge in [0, 0.05) is 24.0 Å². The summed E-state index contributed by atoms with van der Waals surface area (Å²) < 4.78 is 10.2. The van der Waals surface area contributed by atoms with Gasteiger partial charge in [0.25, 0.3) is 0 Å². The van der Waals surface area contributed by atoms with Crippen molar-refractivity contribution in [2.24, 2.45) is 0 Å². The van der Waals surface area contributed by atoms with Crippen LogP contribution in [0, 0.1) is 6.92 Å². The normalized spacial score (nSPS) is 10.0. The lowest BCUT2D eigenvalue weighted by molar-refractivity contribution is 0.0471. The summed E-state index contributed by atoms with van der Waals surface area (Å²) in [6, 6.07) is 6.92. The molecule has 5 nitrogen and oxygen atoms in total. The summed E-state index contributed by atoms with van der Waals surface area (Å²) in [6.07, 6.45) is 3.25. The molecule has 19 heavy (non-hydrogen) atoms. The van der Waals surface area contributed by atoms with E-state index in [1.54, 1.807) is 50.7 Å². The lowest BCUT2D eigenvalue weighted by atomic mass is 10.2. The standard InChI is InChI=1S/C14H14N2O3/c1-10-12(4-3-7-15-10)14(17)19-9-11-5-6-13(18-2)16-8-11/h3-8H,9H2,1-2H3. The van der Waals surface area contributed by atoms with Crippen LogP contribution in [-0.2, 0) is 11.3 Å². The van der Waals surface area contributed by atoms with E-state index in [2.05, 4.69) is 9.97 Å². The molecule has 5 heteroatoms. The van der Waals surface area contributed by atoms with Crippen LogP contribution >= 0.6 is 0 Å². The van der Waals surface area contributed by atoms with Gasteiger partial charge in [-0.1, -0.05) is 0 Å². The molecule has 0 aliphatic heterocycles. The largest absolute Gasteiger partial charge is 0.481 e. The van der Waals surface area contributed by atoms with Gasteiger partial charge in [-0.15, -0.1) is 0 Å². The number of aryl methyl sites for hydroxylation is 1. The van der Waals surface area contributed by atoms with Crippen molar-refractivity contribution in [1.82, 2.24) is 9.97 Å². The molecule has 0 aromatic carbocycles. The summed E-state index contributed by atoms with van der Waals surface area (Å²) in [5.74, 6) is 0.139. The van der Waals surface area contributed by atoms with Crippen LogP contribution in [0.5, 0.6) is 5.88 Å². The molecule has 0 radical (unpaired) electrons. The Morgan fingerprint density at radius 3 is 2.74 bits per heavy atom. The first-order chi connectivity index (χ1) is 9.20. The highest BCUT2D eigenvalue weighted by Crippen LogP contribution is 2.10. The van der Waals surface area contributed by atoms with Gasteiger partial charge in [-0.2, -0.15) is 0 Å². The van der Waals surface area contributed by atoms with E-state index in [1.807, 2.05) is 0 Å². The highest BCUT2D eigenvalue weighted by molar-refractivity contribution is 5.90. The quantitative estimate of drug-likeness (QED) is 0.786. The summed E-state index contributed by atoms with van der Waals surface area (Å²) >= 11 is 0. The van der Waals surface area contributed by atoms with E-state index in [4.69, 9.17) is 9.47 Å². The number of hydrogen-bond acceptors (Lipinski definition) is 5. The highest BCUT2D eigenvalue weighted by atomic mass is 16.5. The second kappa shape index (κ2) is 5.95. The number of rotatable bonds is 4. The Morgan fingerprint density at radius 1 is 1.26 bits per heavy atom. The fourth-order valence-corrected chi connectivity index (χ4v) is 1.54. The molecule has 0 saturated heterocycles. The van der Waals surface area contributed by atoms with Crippen molar-refractivity contribution in [2.45, 2.75) is 13.5 Å². The van der Waals surface area contributed by atoms with Gasteiger partial charge in [0.05, 0.1) is 18.4 Å². The first-order valence-corrected chi connectivity index (χ1v) is 5.78. The molecule has 0 atom stereocenters. The van der Waals surface area contributed by atoms with E-state index < -0.39 is 0 Å². The Kier molecular flexibility index (Phi) is 4.07. The molecule has 0 saturated carbocycles. The summed E-state index contributed by atoms with van der Waals surface area (Å²) in [5, 5.41) is 0. The number of aromatic nitrogens is 2. The predicted octanol–water partition coefficient (Wildman–Crippen LogP) is 2.15. The number of ether oxygens (including phenoxy) is 2. The minimum absolute atomic E-state index is 0.171. The first kappa shape index (κ1) is 13.0. The molecule has 2 aromatic heterocycles. The lowest BCUT2D eigenvalue weighted by Gasteiger charge is -2.06. The Balaban J connectivity index is 1.98. The molecule has 0 N–H and O–H groups in total. The molecule has 2 aromatic rings. The van der Waals surface area contributed by atoms with Gasteiger partial charge in [0.1, 0.15) is 6.61 Å². The third kappa shape index (κ3) is 3.28. The second-order valence-corrected chi connectivity index (χ2v) is 3.92. The summed E-state index contributed by atoms with van der Waals surface area (Å²) in [5.41, 5.74) is 1.93. The maximum Gasteiger partial charge on any atom is 0.340 e. The fraction of sp³-hybridized carbons (Fsp3) is 0.214. The summed E-state index contributed by atoms with van der Waals surface area (Å²) in [6.45, 7) is 1.94. The second-order valence-electron chi connectivity index (χ2n) is 3.92. The van der Waals surface area contributed by atoms with Crippen LogP contribution in [0.2, 0.25) is 0 Å². The number of nitrogens with zero attached hydrogens (tertiary/aromatic N) is 2. The van der Waals surface area contributed by atoms with Gasteiger partial charge >= 0.3 is 5.97 Å². The average molecular weight is 258 g/mol. The minimum Gasteiger partial charge on any atom is -0.481 e. The van der Waals surface area contributed by atoms with Crippen molar-refractivity contribution in [3.63, 3.8) is 0 Å². The molecule has 0 amide bonds. The fourth-order valence-electron chi connectivity index (χ4n) is 1.54. The van der Waals surface area contributed by atoms with Crippen molar-refractivity contribution in [3.8, 4) is 5.88 Å². The van der Waals surface area contributed by atoms with E-state index in [0.717, 1.165) is 5.56 Å². The van der Waals surface area contributed by atoms with E-state index in [0.29, 0.717) is 17.1 Å². The van der Waals surface area contributed by atoms with Crippen LogP contribution in [0.25, 0.3) is 0 Å². The van der Waals surface area contributed by atoms with Crippen LogP contribution in [0.1, 0.15) is 21.6 Å². The molecular weight excluding hydrogens is 244 g/mol. The minimum atomic E-state index is -0.388. The topological polar surface area (TPSA) is 61.3 Å². The van der Waals surface area contributed by atoms with Crippen LogP contribution in [0.4, 0.5) is 0 Å². The molecule has 0 unspecified atom stereocenters. The van der Waals surface area contributed by atoms with E-state index in [9.17, 15) is 4.79 Å². The molecule has 2 heterocycles. The highest BCUT2D eigenvalue weighted by Gasteiger charge is 2.10. The maximum atomic E-state index is 11.9. The monoisotopic (exact) mass is 258 g/mol. The summed E-state index contributed by atoms with van der Waals surface area (Å²) in [4.78, 5) is 19.9. The maximum absolute atomic E-state index is 11.9. The van der Waals surface area contributed by atoms with Gasteiger partial charge in [-0.25, -0.2) is 9.78 Å². The van der Waals surface area contributed by atoms with Gasteiger partial charge < -0.3 is 9.47 Å². The Morgan fingerprint density at radius 2 is 2.11 bits per heavy atom. The van der Waals surface area contributed by atoms with Crippen LogP contribution in [-0.4, -0.2) is 23.0 Å². The SMILES string of the molecule is COc1ccc(COC(=O)c2cccnc2C)cn1. The van der Waals surface area contributed by atoms with E-state index >= 15 is 0 Å². The summed E-state index contributed by atoms with van der Waals surface area (Å²) in [7, 11) is 1.55. The van der Waals surface area contributed by atoms with E-state index in [1.165, 1.54) is 0 Å². The molecule has 98 valence electrons. The van der Waals surface area contributed by atoms with Crippen molar-refractivity contribution in [1.29, 1.82) is 0 Å². The van der Waals surface area contributed by atoms with Gasteiger partial charge in [0.2, 0.25) is 5.88 Å². The predicted molar refractivity (Wildman–Crippen MR) is 68.9 cm³/mol. The molecule has 2 rings (SSSR count). The van der Waals surface area contributed by atoms with Crippen molar-refractivity contribution < 1.29 is 14.3 Å². The Bertz CT molecular complexity index is 567. The zero-order valence-electron chi connectivity index (χ0n) is 10.8. The third-order valence-corrected chi connectivity index (χ3v) is 2.60. The molecule has 0 fully saturated rings. The lowest BCUT2D eigenvalue weighted by Crippen LogP contribution is -2.08. The smallest absolute Gasteiger partial charge is 0.340 e. The zero-order chi connectivity index (χ0) is 13.7. The number of carbonyl (C=O) groups is 1. The molecular formula is C14H14N2O3. The molecule has 0 aliphatic carbocycles. The van der Waals surface area contributed by atoms with Gasteiger partial charge in [-0.05, 0) is 25.1 Å². The van der Waals surface area contributed by atoms with Crippen LogP contribution in [0.3, 0.4) is 0 Å². The number of carbonyl (C=O) groups excluding carboxylic acids is 1.